The summed E-state index contributed by atoms with van der Waals surface area (Å²) in [6.45, 7) is 0. The minimum atomic E-state index is -0.416. The van der Waals surface area contributed by atoms with E-state index in [4.69, 9.17) is 4.42 Å². The van der Waals surface area contributed by atoms with Crippen LogP contribution in [0.5, 0.6) is 0 Å². The first-order valence-corrected chi connectivity index (χ1v) is 10.1. The standard InChI is InChI=1S/C19H13FN4O3S2/c20-12-5-3-11(4-6-12)17(26)24-18-21-13(9-28-18)8-16(25)23-19-22-14(10-29-19)15-2-1-7-27-15/h1-7,9-10H,8H2,(H,21,24,26)(H,22,23,25). The van der Waals surface area contributed by atoms with Gasteiger partial charge in [0.05, 0.1) is 18.4 Å². The van der Waals surface area contributed by atoms with Gasteiger partial charge in [0, 0.05) is 16.3 Å². The molecule has 0 aliphatic carbocycles. The van der Waals surface area contributed by atoms with E-state index >= 15 is 0 Å². The number of hydrogen-bond acceptors (Lipinski definition) is 7. The van der Waals surface area contributed by atoms with Gasteiger partial charge in [-0.3, -0.25) is 14.9 Å². The third-order valence-electron chi connectivity index (χ3n) is 3.74. The molecule has 10 heteroatoms. The van der Waals surface area contributed by atoms with E-state index in [9.17, 15) is 14.0 Å². The lowest BCUT2D eigenvalue weighted by atomic mass is 10.2. The van der Waals surface area contributed by atoms with Crippen LogP contribution in [0.4, 0.5) is 14.7 Å². The number of anilines is 2. The third-order valence-corrected chi connectivity index (χ3v) is 5.31. The maximum atomic E-state index is 12.9. The first kappa shape index (κ1) is 19.0. The van der Waals surface area contributed by atoms with Crippen LogP contribution in [0, 0.1) is 5.82 Å². The molecule has 0 saturated carbocycles. The molecule has 0 bridgehead atoms. The van der Waals surface area contributed by atoms with E-state index in [0.717, 1.165) is 0 Å². The minimum absolute atomic E-state index is 0.0403. The van der Waals surface area contributed by atoms with Gasteiger partial charge in [0.25, 0.3) is 5.91 Å². The molecule has 0 atom stereocenters. The second-order valence-electron chi connectivity index (χ2n) is 5.85. The molecule has 29 heavy (non-hydrogen) atoms. The molecule has 2 amide bonds. The van der Waals surface area contributed by atoms with E-state index < -0.39 is 11.7 Å². The molecule has 0 spiro atoms. The lowest BCUT2D eigenvalue weighted by molar-refractivity contribution is -0.115. The fourth-order valence-electron chi connectivity index (χ4n) is 2.41. The monoisotopic (exact) mass is 428 g/mol. The van der Waals surface area contributed by atoms with Crippen molar-refractivity contribution in [2.45, 2.75) is 6.42 Å². The summed E-state index contributed by atoms with van der Waals surface area (Å²) in [5, 5.41) is 9.66. The fourth-order valence-corrected chi connectivity index (χ4v) is 3.83. The van der Waals surface area contributed by atoms with Gasteiger partial charge in [-0.15, -0.1) is 22.7 Å². The van der Waals surface area contributed by atoms with Crippen LogP contribution in [0.15, 0.2) is 57.8 Å². The summed E-state index contributed by atoms with van der Waals surface area (Å²) in [6.07, 6.45) is 1.60. The Morgan fingerprint density at radius 2 is 1.76 bits per heavy atom. The zero-order chi connectivity index (χ0) is 20.2. The first-order valence-electron chi connectivity index (χ1n) is 8.37. The van der Waals surface area contributed by atoms with Crippen molar-refractivity contribution < 1.29 is 18.4 Å². The molecule has 0 aliphatic heterocycles. The molecule has 1 aromatic carbocycles. The van der Waals surface area contributed by atoms with E-state index in [1.165, 1.54) is 46.9 Å². The Kier molecular flexibility index (Phi) is 5.45. The van der Waals surface area contributed by atoms with Crippen molar-refractivity contribution in [1.29, 1.82) is 0 Å². The van der Waals surface area contributed by atoms with Crippen LogP contribution in [0.25, 0.3) is 11.5 Å². The van der Waals surface area contributed by atoms with Gasteiger partial charge in [-0.1, -0.05) is 0 Å². The molecule has 0 fully saturated rings. The highest BCUT2D eigenvalue weighted by atomic mass is 32.1. The smallest absolute Gasteiger partial charge is 0.257 e. The fraction of sp³-hybridized carbons (Fsp3) is 0.0526. The number of carbonyl (C=O) groups excluding carboxylic acids is 2. The summed E-state index contributed by atoms with van der Waals surface area (Å²) in [4.78, 5) is 32.9. The molecule has 7 nitrogen and oxygen atoms in total. The molecule has 0 unspecified atom stereocenters. The van der Waals surface area contributed by atoms with Crippen molar-refractivity contribution in [3.05, 3.63) is 70.5 Å². The number of rotatable bonds is 6. The number of halogens is 1. The zero-order valence-corrected chi connectivity index (χ0v) is 16.3. The predicted molar refractivity (Wildman–Crippen MR) is 109 cm³/mol. The van der Waals surface area contributed by atoms with E-state index in [1.54, 1.807) is 29.2 Å². The van der Waals surface area contributed by atoms with E-state index in [-0.39, 0.29) is 12.3 Å². The van der Waals surface area contributed by atoms with Crippen molar-refractivity contribution in [2.75, 3.05) is 10.6 Å². The summed E-state index contributed by atoms with van der Waals surface area (Å²) in [5.41, 5.74) is 1.48. The van der Waals surface area contributed by atoms with Crippen LogP contribution in [0.1, 0.15) is 16.1 Å². The van der Waals surface area contributed by atoms with Crippen LogP contribution in [0.2, 0.25) is 0 Å². The maximum absolute atomic E-state index is 12.9. The van der Waals surface area contributed by atoms with Gasteiger partial charge >= 0.3 is 0 Å². The lowest BCUT2D eigenvalue weighted by Gasteiger charge is -2.01. The molecule has 3 aromatic heterocycles. The summed E-state index contributed by atoms with van der Waals surface area (Å²) >= 11 is 2.50. The number of furan rings is 1. The third kappa shape index (κ3) is 4.73. The highest BCUT2D eigenvalue weighted by molar-refractivity contribution is 7.14. The number of benzene rings is 1. The maximum Gasteiger partial charge on any atom is 0.257 e. The summed E-state index contributed by atoms with van der Waals surface area (Å²) in [6, 6.07) is 8.75. The second-order valence-corrected chi connectivity index (χ2v) is 7.56. The van der Waals surface area contributed by atoms with Crippen molar-refractivity contribution in [1.82, 2.24) is 9.97 Å². The number of nitrogens with zero attached hydrogens (tertiary/aromatic N) is 2. The SMILES string of the molecule is O=C(Cc1csc(NC(=O)c2ccc(F)cc2)n1)Nc1nc(-c2ccco2)cs1. The summed E-state index contributed by atoms with van der Waals surface area (Å²) < 4.78 is 18.2. The number of nitrogens with one attached hydrogen (secondary N) is 2. The molecule has 146 valence electrons. The summed E-state index contributed by atoms with van der Waals surface area (Å²) in [5.74, 6) is -0.459. The average molecular weight is 428 g/mol. The van der Waals surface area contributed by atoms with E-state index in [2.05, 4.69) is 20.6 Å². The molecule has 3 heterocycles. The van der Waals surface area contributed by atoms with E-state index in [1.807, 2.05) is 0 Å². The van der Waals surface area contributed by atoms with E-state index in [0.29, 0.717) is 33.0 Å². The molecule has 4 aromatic rings. The molecule has 0 aliphatic rings. The highest BCUT2D eigenvalue weighted by Gasteiger charge is 2.13. The van der Waals surface area contributed by atoms with Crippen LogP contribution < -0.4 is 10.6 Å². The van der Waals surface area contributed by atoms with Gasteiger partial charge in [-0.05, 0) is 36.4 Å². The van der Waals surface area contributed by atoms with Gasteiger partial charge in [0.15, 0.2) is 16.0 Å². The van der Waals surface area contributed by atoms with Crippen LogP contribution in [-0.4, -0.2) is 21.8 Å². The minimum Gasteiger partial charge on any atom is -0.463 e. The van der Waals surface area contributed by atoms with Crippen molar-refractivity contribution >= 4 is 44.8 Å². The number of thiazole rings is 2. The number of hydrogen-bond donors (Lipinski definition) is 2. The summed E-state index contributed by atoms with van der Waals surface area (Å²) in [7, 11) is 0. The average Bonchev–Trinajstić information content (AvgIpc) is 3.44. The molecule has 0 saturated heterocycles. The van der Waals surface area contributed by atoms with Gasteiger partial charge in [-0.25, -0.2) is 14.4 Å². The topological polar surface area (TPSA) is 97.1 Å². The number of carbonyl (C=O) groups is 2. The number of amides is 2. The normalized spacial score (nSPS) is 10.7. The van der Waals surface area contributed by atoms with Crippen LogP contribution in [0.3, 0.4) is 0 Å². The van der Waals surface area contributed by atoms with Crippen molar-refractivity contribution in [3.8, 4) is 11.5 Å². The van der Waals surface area contributed by atoms with Crippen molar-refractivity contribution in [3.63, 3.8) is 0 Å². The predicted octanol–water partition coefficient (Wildman–Crippen LogP) is 4.43. The molecular weight excluding hydrogens is 415 g/mol. The molecule has 0 radical (unpaired) electrons. The Labute approximate surface area is 172 Å². The Hall–Kier alpha value is -3.37. The largest absolute Gasteiger partial charge is 0.463 e. The highest BCUT2D eigenvalue weighted by Crippen LogP contribution is 2.25. The van der Waals surface area contributed by atoms with Gasteiger partial charge in [-0.2, -0.15) is 0 Å². The quantitative estimate of drug-likeness (QED) is 0.473. The molecule has 4 rings (SSSR count). The Morgan fingerprint density at radius 1 is 1.00 bits per heavy atom. The van der Waals surface area contributed by atoms with Gasteiger partial charge in [0.2, 0.25) is 5.91 Å². The van der Waals surface area contributed by atoms with Crippen LogP contribution >= 0.6 is 22.7 Å². The van der Waals surface area contributed by atoms with Crippen molar-refractivity contribution in [2.24, 2.45) is 0 Å². The molecular formula is C19H13FN4O3S2. The Morgan fingerprint density at radius 3 is 2.52 bits per heavy atom. The van der Waals surface area contributed by atoms with Gasteiger partial charge in [0.1, 0.15) is 11.5 Å². The Bertz CT molecular complexity index is 1140. The lowest BCUT2D eigenvalue weighted by Crippen LogP contribution is -2.15. The zero-order valence-electron chi connectivity index (χ0n) is 14.7. The Balaban J connectivity index is 1.33. The van der Waals surface area contributed by atoms with Crippen LogP contribution in [-0.2, 0) is 11.2 Å². The second kappa shape index (κ2) is 8.33. The number of aromatic nitrogens is 2. The first-order chi connectivity index (χ1) is 14.1. The van der Waals surface area contributed by atoms with Gasteiger partial charge < -0.3 is 9.73 Å². The molecule has 2 N–H and O–H groups in total.